The molecule has 1 heterocycles. The van der Waals surface area contributed by atoms with Gasteiger partial charge in [-0.2, -0.15) is 5.10 Å². The number of aryl methyl sites for hydroxylation is 2. The lowest BCUT2D eigenvalue weighted by molar-refractivity contribution is 0.459. The maximum atomic E-state index is 12.0. The first-order chi connectivity index (χ1) is 8.90. The Morgan fingerprint density at radius 3 is 2.42 bits per heavy atom. The summed E-state index contributed by atoms with van der Waals surface area (Å²) in [4.78, 5) is 3.73. The van der Waals surface area contributed by atoms with Gasteiger partial charge in [0, 0.05) is 0 Å². The normalized spacial score (nSPS) is 11.3. The van der Waals surface area contributed by atoms with Gasteiger partial charge in [0.05, 0.1) is 11.4 Å². The topological polar surface area (TPSA) is 105 Å². The first-order valence-electron chi connectivity index (χ1n) is 5.39. The van der Waals surface area contributed by atoms with E-state index in [0.717, 1.165) is 0 Å². The van der Waals surface area contributed by atoms with E-state index in [2.05, 4.69) is 19.9 Å². The van der Waals surface area contributed by atoms with E-state index < -0.39 is 10.0 Å². The number of aromatic nitrogens is 3. The van der Waals surface area contributed by atoms with E-state index in [1.54, 1.807) is 13.8 Å². The van der Waals surface area contributed by atoms with Gasteiger partial charge in [-0.1, -0.05) is 12.1 Å². The fourth-order valence-electron chi connectivity index (χ4n) is 1.36. The van der Waals surface area contributed by atoms with E-state index in [4.69, 9.17) is 0 Å². The lowest BCUT2D eigenvalue weighted by atomic mass is 10.3. The maximum Gasteiger partial charge on any atom is 0.267 e. The molecule has 0 saturated heterocycles. The van der Waals surface area contributed by atoms with Gasteiger partial charge in [0.1, 0.15) is 10.6 Å². The van der Waals surface area contributed by atoms with Gasteiger partial charge in [0.15, 0.2) is 0 Å². The summed E-state index contributed by atoms with van der Waals surface area (Å²) >= 11 is 0. The van der Waals surface area contributed by atoms with Crippen molar-refractivity contribution in [2.24, 2.45) is 0 Å². The van der Waals surface area contributed by atoms with Crippen LogP contribution in [0.15, 0.2) is 29.2 Å². The summed E-state index contributed by atoms with van der Waals surface area (Å²) in [6.45, 7) is 3.42. The Balaban J connectivity index is 2.37. The largest absolute Gasteiger partial charge is 0.507 e. The fourth-order valence-corrected chi connectivity index (χ4v) is 2.40. The summed E-state index contributed by atoms with van der Waals surface area (Å²) in [5.74, 6) is -0.474. The molecule has 8 heteroatoms. The number of nitrogens with one attached hydrogen (secondary N) is 1. The number of nitrogens with zero attached hydrogens (tertiary/aromatic N) is 3. The molecule has 0 atom stereocenters. The second-order valence-electron chi connectivity index (χ2n) is 3.88. The first-order valence-corrected chi connectivity index (χ1v) is 6.87. The van der Waals surface area contributed by atoms with Crippen LogP contribution in [0.4, 0.5) is 5.95 Å². The molecule has 0 spiro atoms. The molecule has 0 radical (unpaired) electrons. The quantitative estimate of drug-likeness (QED) is 0.868. The molecule has 0 aliphatic heterocycles. The van der Waals surface area contributed by atoms with E-state index in [-0.39, 0.29) is 16.6 Å². The van der Waals surface area contributed by atoms with Crippen molar-refractivity contribution >= 4 is 16.0 Å². The number of benzene rings is 1. The molecule has 19 heavy (non-hydrogen) atoms. The molecular formula is C11H12N4O3S. The zero-order chi connectivity index (χ0) is 14.0. The lowest BCUT2D eigenvalue weighted by Crippen LogP contribution is -2.16. The van der Waals surface area contributed by atoms with Crippen molar-refractivity contribution in [2.45, 2.75) is 18.7 Å². The van der Waals surface area contributed by atoms with Gasteiger partial charge >= 0.3 is 0 Å². The van der Waals surface area contributed by atoms with Crippen molar-refractivity contribution in [1.82, 2.24) is 15.2 Å². The molecule has 2 aromatic rings. The fraction of sp³-hybridized carbons (Fsp3) is 0.182. The highest BCUT2D eigenvalue weighted by atomic mass is 32.2. The molecule has 1 aromatic heterocycles. The van der Waals surface area contributed by atoms with E-state index >= 15 is 0 Å². The Bertz CT molecular complexity index is 716. The minimum Gasteiger partial charge on any atom is -0.507 e. The molecule has 0 bridgehead atoms. The number of hydrogen-bond donors (Lipinski definition) is 2. The first kappa shape index (κ1) is 13.2. The van der Waals surface area contributed by atoms with E-state index in [9.17, 15) is 13.5 Å². The number of sulfonamides is 1. The molecule has 2 rings (SSSR count). The second kappa shape index (κ2) is 4.81. The molecule has 0 fully saturated rings. The third-order valence-corrected chi connectivity index (χ3v) is 3.85. The van der Waals surface area contributed by atoms with Gasteiger partial charge in [-0.25, -0.2) is 18.1 Å². The molecule has 0 aliphatic rings. The van der Waals surface area contributed by atoms with Crippen molar-refractivity contribution in [3.8, 4) is 5.75 Å². The van der Waals surface area contributed by atoms with Crippen LogP contribution in [0.25, 0.3) is 0 Å². The number of rotatable bonds is 3. The Morgan fingerprint density at radius 2 is 1.79 bits per heavy atom. The summed E-state index contributed by atoms with van der Waals surface area (Å²) in [6, 6.07) is 5.61. The molecule has 0 amide bonds. The van der Waals surface area contributed by atoms with E-state index in [0.29, 0.717) is 11.4 Å². The van der Waals surface area contributed by atoms with Gasteiger partial charge in [0.2, 0.25) is 0 Å². The Labute approximate surface area is 110 Å². The predicted molar refractivity (Wildman–Crippen MR) is 68.2 cm³/mol. The molecule has 100 valence electrons. The number of aromatic hydroxyl groups is 1. The van der Waals surface area contributed by atoms with Crippen molar-refractivity contribution < 1.29 is 13.5 Å². The van der Waals surface area contributed by atoms with Crippen LogP contribution in [-0.2, 0) is 10.0 Å². The summed E-state index contributed by atoms with van der Waals surface area (Å²) in [5.41, 5.74) is 1.19. The average molecular weight is 280 g/mol. The van der Waals surface area contributed by atoms with Crippen LogP contribution in [-0.4, -0.2) is 28.7 Å². The smallest absolute Gasteiger partial charge is 0.267 e. The standard InChI is InChI=1S/C11H12N4O3S/c1-7-8(2)13-14-11(12-7)15-19(17,18)10-6-4-3-5-9(10)16/h3-6,16H,1-2H3,(H,12,14,15). The minimum atomic E-state index is -3.94. The molecule has 7 nitrogen and oxygen atoms in total. The Morgan fingerprint density at radius 1 is 1.11 bits per heavy atom. The highest BCUT2D eigenvalue weighted by molar-refractivity contribution is 7.92. The lowest BCUT2D eigenvalue weighted by Gasteiger charge is -2.08. The van der Waals surface area contributed by atoms with Gasteiger partial charge in [-0.3, -0.25) is 0 Å². The van der Waals surface area contributed by atoms with Gasteiger partial charge < -0.3 is 5.11 Å². The highest BCUT2D eigenvalue weighted by Gasteiger charge is 2.19. The average Bonchev–Trinajstić information content (AvgIpc) is 2.34. The third-order valence-electron chi connectivity index (χ3n) is 2.47. The molecule has 0 aliphatic carbocycles. The number of phenols is 1. The molecule has 0 saturated carbocycles. The highest BCUT2D eigenvalue weighted by Crippen LogP contribution is 2.22. The van der Waals surface area contributed by atoms with Crippen LogP contribution >= 0.6 is 0 Å². The Kier molecular flexibility index (Phi) is 3.34. The predicted octanol–water partition coefficient (Wildman–Crippen LogP) is 0.995. The Hall–Kier alpha value is -2.22. The zero-order valence-corrected chi connectivity index (χ0v) is 11.1. The molecule has 0 unspecified atom stereocenters. The SMILES string of the molecule is Cc1nnc(NS(=O)(=O)c2ccccc2O)nc1C. The summed E-state index contributed by atoms with van der Waals surface area (Å²) in [6.07, 6.45) is 0. The van der Waals surface area contributed by atoms with Crippen LogP contribution in [0.2, 0.25) is 0 Å². The van der Waals surface area contributed by atoms with Crippen LogP contribution in [0.5, 0.6) is 5.75 Å². The number of hydrogen-bond acceptors (Lipinski definition) is 6. The summed E-state index contributed by atoms with van der Waals surface area (Å²) in [7, 11) is -3.94. The minimum absolute atomic E-state index is 0.133. The van der Waals surface area contributed by atoms with Crippen LogP contribution in [0, 0.1) is 13.8 Å². The number of phenolic OH excluding ortho intramolecular Hbond substituents is 1. The molecule has 1 aromatic carbocycles. The number of anilines is 1. The van der Waals surface area contributed by atoms with Crippen LogP contribution < -0.4 is 4.72 Å². The van der Waals surface area contributed by atoms with Crippen molar-refractivity contribution in [2.75, 3.05) is 4.72 Å². The van der Waals surface area contributed by atoms with Crippen LogP contribution in [0.3, 0.4) is 0 Å². The molecule has 2 N–H and O–H groups in total. The van der Waals surface area contributed by atoms with Gasteiger partial charge in [-0.15, -0.1) is 5.10 Å². The van der Waals surface area contributed by atoms with Crippen molar-refractivity contribution in [3.05, 3.63) is 35.7 Å². The molecular weight excluding hydrogens is 268 g/mol. The summed E-state index contributed by atoms with van der Waals surface area (Å²) in [5, 5.41) is 17.0. The third kappa shape index (κ3) is 2.79. The van der Waals surface area contributed by atoms with Gasteiger partial charge in [0.25, 0.3) is 16.0 Å². The monoisotopic (exact) mass is 280 g/mol. The number of para-hydroxylation sites is 1. The van der Waals surface area contributed by atoms with Crippen molar-refractivity contribution in [1.29, 1.82) is 0 Å². The van der Waals surface area contributed by atoms with E-state index in [1.165, 1.54) is 24.3 Å². The maximum absolute atomic E-state index is 12.0. The van der Waals surface area contributed by atoms with Crippen molar-refractivity contribution in [3.63, 3.8) is 0 Å². The van der Waals surface area contributed by atoms with Crippen LogP contribution in [0.1, 0.15) is 11.4 Å². The van der Waals surface area contributed by atoms with Gasteiger partial charge in [-0.05, 0) is 26.0 Å². The zero-order valence-electron chi connectivity index (χ0n) is 10.3. The second-order valence-corrected chi connectivity index (χ2v) is 5.53. The van der Waals surface area contributed by atoms with E-state index in [1.807, 2.05) is 0 Å². The summed E-state index contributed by atoms with van der Waals surface area (Å²) < 4.78 is 26.3.